The van der Waals surface area contributed by atoms with Gasteiger partial charge in [-0.3, -0.25) is 14.9 Å². The summed E-state index contributed by atoms with van der Waals surface area (Å²) < 4.78 is 14.4. The summed E-state index contributed by atoms with van der Waals surface area (Å²) in [6.45, 7) is 1.92. The van der Waals surface area contributed by atoms with Gasteiger partial charge in [0, 0.05) is 18.3 Å². The van der Waals surface area contributed by atoms with Crippen molar-refractivity contribution >= 4 is 5.65 Å². The molecule has 5 nitrogen and oxygen atoms in total. The monoisotopic (exact) mass is 320 g/mol. The Hall–Kier alpha value is -3.28. The van der Waals surface area contributed by atoms with Crippen molar-refractivity contribution in [2.24, 2.45) is 0 Å². The van der Waals surface area contributed by atoms with Crippen LogP contribution in [0.2, 0.25) is 0 Å². The largest absolute Gasteiger partial charge is 0.289 e. The number of aromatic amines is 1. The van der Waals surface area contributed by atoms with Gasteiger partial charge in [0.05, 0.1) is 17.1 Å². The quantitative estimate of drug-likeness (QED) is 0.617. The molecule has 0 saturated carbocycles. The van der Waals surface area contributed by atoms with Crippen LogP contribution in [0, 0.1) is 12.7 Å². The van der Waals surface area contributed by atoms with Crippen molar-refractivity contribution in [3.63, 3.8) is 0 Å². The van der Waals surface area contributed by atoms with Crippen molar-refractivity contribution in [3.05, 3.63) is 76.5 Å². The first-order chi connectivity index (χ1) is 11.6. The van der Waals surface area contributed by atoms with E-state index in [1.807, 2.05) is 19.1 Å². The van der Waals surface area contributed by atoms with Gasteiger partial charge >= 0.3 is 0 Å². The van der Waals surface area contributed by atoms with Crippen LogP contribution in [0.15, 0.2) is 59.5 Å². The van der Waals surface area contributed by atoms with Gasteiger partial charge in [0.15, 0.2) is 5.65 Å². The fourth-order valence-corrected chi connectivity index (χ4v) is 2.64. The van der Waals surface area contributed by atoms with Gasteiger partial charge in [0.1, 0.15) is 5.82 Å². The van der Waals surface area contributed by atoms with Crippen LogP contribution in [0.1, 0.15) is 5.56 Å². The molecule has 0 aliphatic rings. The van der Waals surface area contributed by atoms with E-state index in [9.17, 15) is 9.18 Å². The van der Waals surface area contributed by atoms with Crippen molar-refractivity contribution in [2.75, 3.05) is 0 Å². The maximum absolute atomic E-state index is 13.1. The molecule has 0 saturated heterocycles. The second-order valence-corrected chi connectivity index (χ2v) is 5.52. The molecule has 1 aromatic carbocycles. The Kier molecular flexibility index (Phi) is 3.23. The van der Waals surface area contributed by atoms with E-state index in [0.717, 1.165) is 11.1 Å². The van der Waals surface area contributed by atoms with Crippen LogP contribution in [-0.2, 0) is 0 Å². The highest BCUT2D eigenvalue weighted by atomic mass is 19.1. The number of nitrogens with zero attached hydrogens (tertiary/aromatic N) is 3. The molecule has 3 aromatic heterocycles. The Labute approximate surface area is 136 Å². The van der Waals surface area contributed by atoms with Crippen molar-refractivity contribution in [1.29, 1.82) is 0 Å². The zero-order valence-corrected chi connectivity index (χ0v) is 12.8. The Morgan fingerprint density at radius 2 is 1.92 bits per heavy atom. The molecule has 0 aliphatic carbocycles. The summed E-state index contributed by atoms with van der Waals surface area (Å²) in [7, 11) is 0. The molecular formula is C18H13FN4O. The number of aryl methyl sites for hydroxylation is 1. The van der Waals surface area contributed by atoms with Crippen LogP contribution in [0.4, 0.5) is 4.39 Å². The zero-order chi connectivity index (χ0) is 16.7. The maximum atomic E-state index is 13.1. The average molecular weight is 320 g/mol. The number of benzene rings is 1. The molecule has 0 unspecified atom stereocenters. The molecule has 0 spiro atoms. The number of nitrogens with one attached hydrogen (secondary N) is 1. The number of pyridine rings is 1. The number of fused-ring (bicyclic) bond motifs is 1. The lowest BCUT2D eigenvalue weighted by Gasteiger charge is -2.03. The van der Waals surface area contributed by atoms with Crippen molar-refractivity contribution in [1.82, 2.24) is 19.6 Å². The second kappa shape index (κ2) is 5.42. The molecule has 0 aliphatic heterocycles. The van der Waals surface area contributed by atoms with Gasteiger partial charge in [-0.2, -0.15) is 0 Å². The molecule has 118 valence electrons. The summed E-state index contributed by atoms with van der Waals surface area (Å²) in [4.78, 5) is 21.2. The van der Waals surface area contributed by atoms with Crippen LogP contribution < -0.4 is 5.56 Å². The first kappa shape index (κ1) is 14.3. The Morgan fingerprint density at radius 3 is 2.67 bits per heavy atom. The SMILES string of the molecule is Cc1cccnc1-c1cc(=O)n2[nH]c(-c3ccc(F)cc3)cc2n1. The van der Waals surface area contributed by atoms with E-state index in [1.54, 1.807) is 24.4 Å². The fourth-order valence-electron chi connectivity index (χ4n) is 2.64. The maximum Gasteiger partial charge on any atom is 0.273 e. The third kappa shape index (κ3) is 2.38. The number of hydrogen-bond donors (Lipinski definition) is 1. The molecule has 4 rings (SSSR count). The minimum absolute atomic E-state index is 0.228. The standard InChI is InChI=1S/C18H13FN4O/c1-11-3-2-8-20-18(11)15-10-17(24)23-16(21-15)9-14(22-23)12-4-6-13(19)7-5-12/h2-10,22H,1H3. The van der Waals surface area contributed by atoms with Crippen LogP contribution >= 0.6 is 0 Å². The third-order valence-electron chi connectivity index (χ3n) is 3.86. The van der Waals surface area contributed by atoms with E-state index >= 15 is 0 Å². The Bertz CT molecular complexity index is 1100. The Balaban J connectivity index is 1.89. The summed E-state index contributed by atoms with van der Waals surface area (Å²) in [5.74, 6) is -0.307. The summed E-state index contributed by atoms with van der Waals surface area (Å²) in [6.07, 6.45) is 1.67. The lowest BCUT2D eigenvalue weighted by molar-refractivity contribution is 0.628. The van der Waals surface area contributed by atoms with Crippen LogP contribution in [0.3, 0.4) is 0 Å². The summed E-state index contributed by atoms with van der Waals surface area (Å²) in [5.41, 5.74) is 3.88. The summed E-state index contributed by atoms with van der Waals surface area (Å²) in [6, 6.07) is 13.0. The number of H-pyrrole nitrogens is 1. The normalized spacial score (nSPS) is 11.1. The minimum atomic E-state index is -0.307. The summed E-state index contributed by atoms with van der Waals surface area (Å²) >= 11 is 0. The fraction of sp³-hybridized carbons (Fsp3) is 0.0556. The van der Waals surface area contributed by atoms with E-state index < -0.39 is 0 Å². The second-order valence-electron chi connectivity index (χ2n) is 5.52. The number of halogens is 1. The van der Waals surface area contributed by atoms with Crippen LogP contribution in [0.25, 0.3) is 28.3 Å². The van der Waals surface area contributed by atoms with Gasteiger partial charge in [0.2, 0.25) is 0 Å². The molecule has 0 atom stereocenters. The molecule has 0 radical (unpaired) electrons. The predicted octanol–water partition coefficient (Wildman–Crippen LogP) is 3.20. The highest BCUT2D eigenvalue weighted by Gasteiger charge is 2.11. The van der Waals surface area contributed by atoms with E-state index in [0.29, 0.717) is 22.7 Å². The van der Waals surface area contributed by atoms with Gasteiger partial charge in [0.25, 0.3) is 5.56 Å². The molecule has 0 bridgehead atoms. The lowest BCUT2D eigenvalue weighted by Crippen LogP contribution is -2.14. The molecular weight excluding hydrogens is 307 g/mol. The number of hydrogen-bond acceptors (Lipinski definition) is 3. The van der Waals surface area contributed by atoms with E-state index in [2.05, 4.69) is 15.1 Å². The predicted molar refractivity (Wildman–Crippen MR) is 89.2 cm³/mol. The Morgan fingerprint density at radius 1 is 1.12 bits per heavy atom. The molecule has 24 heavy (non-hydrogen) atoms. The van der Waals surface area contributed by atoms with Crippen LogP contribution in [0.5, 0.6) is 0 Å². The van der Waals surface area contributed by atoms with Crippen LogP contribution in [-0.4, -0.2) is 19.6 Å². The first-order valence-corrected chi connectivity index (χ1v) is 7.42. The molecule has 3 heterocycles. The topological polar surface area (TPSA) is 63.1 Å². The van der Waals surface area contributed by atoms with Gasteiger partial charge in [-0.05, 0) is 48.4 Å². The molecule has 6 heteroatoms. The van der Waals surface area contributed by atoms with Gasteiger partial charge in [-0.15, -0.1) is 0 Å². The molecule has 1 N–H and O–H groups in total. The van der Waals surface area contributed by atoms with E-state index in [1.165, 1.54) is 22.7 Å². The molecule has 0 amide bonds. The van der Waals surface area contributed by atoms with Crippen molar-refractivity contribution in [3.8, 4) is 22.6 Å². The highest BCUT2D eigenvalue weighted by molar-refractivity contribution is 5.66. The van der Waals surface area contributed by atoms with Crippen molar-refractivity contribution < 1.29 is 4.39 Å². The number of aromatic nitrogens is 4. The third-order valence-corrected chi connectivity index (χ3v) is 3.86. The summed E-state index contributed by atoms with van der Waals surface area (Å²) in [5, 5.41) is 2.99. The smallest absolute Gasteiger partial charge is 0.273 e. The number of rotatable bonds is 2. The van der Waals surface area contributed by atoms with E-state index in [-0.39, 0.29) is 11.4 Å². The van der Waals surface area contributed by atoms with Gasteiger partial charge in [-0.1, -0.05) is 6.07 Å². The molecule has 4 aromatic rings. The minimum Gasteiger partial charge on any atom is -0.289 e. The van der Waals surface area contributed by atoms with Gasteiger partial charge < -0.3 is 0 Å². The molecule has 0 fully saturated rings. The zero-order valence-electron chi connectivity index (χ0n) is 12.8. The van der Waals surface area contributed by atoms with Gasteiger partial charge in [-0.25, -0.2) is 13.9 Å². The first-order valence-electron chi connectivity index (χ1n) is 7.42. The lowest BCUT2D eigenvalue weighted by atomic mass is 10.1. The van der Waals surface area contributed by atoms with Crippen molar-refractivity contribution in [2.45, 2.75) is 6.92 Å². The van der Waals surface area contributed by atoms with E-state index in [4.69, 9.17) is 0 Å². The highest BCUT2D eigenvalue weighted by Crippen LogP contribution is 2.21. The average Bonchev–Trinajstić information content (AvgIpc) is 3.00.